The van der Waals surface area contributed by atoms with E-state index in [1.165, 1.54) is 11.1 Å². The highest BCUT2D eigenvalue weighted by molar-refractivity contribution is 5.15. The van der Waals surface area contributed by atoms with E-state index >= 15 is 0 Å². The highest BCUT2D eigenvalue weighted by Crippen LogP contribution is 2.13. The van der Waals surface area contributed by atoms with E-state index in [0.717, 1.165) is 45.1 Å². The van der Waals surface area contributed by atoms with E-state index in [4.69, 9.17) is 0 Å². The smallest absolute Gasteiger partial charge is 0.0897 e. The Balaban J connectivity index is 1.89. The second-order valence-corrected chi connectivity index (χ2v) is 11.3. The van der Waals surface area contributed by atoms with Crippen LogP contribution in [-0.4, -0.2) is 130 Å². The van der Waals surface area contributed by atoms with E-state index in [1.807, 2.05) is 17.0 Å². The number of nitrogens with one attached hydrogen (secondary N) is 1. The van der Waals surface area contributed by atoms with Crippen molar-refractivity contribution in [3.8, 4) is 0 Å². The van der Waals surface area contributed by atoms with E-state index in [2.05, 4.69) is 58.7 Å². The molecule has 7 N–H and O–H groups in total. The van der Waals surface area contributed by atoms with Gasteiger partial charge in [-0.25, -0.2) is 0 Å². The first kappa shape index (κ1) is 36.3. The molecule has 0 aromatic heterocycles. The summed E-state index contributed by atoms with van der Waals surface area (Å²) in [6, 6.07) is 21.5. The predicted octanol–water partition coefficient (Wildman–Crippen LogP) is 1.04. The Morgan fingerprint density at radius 1 is 0.548 bits per heavy atom. The second kappa shape index (κ2) is 22.6. The van der Waals surface area contributed by atoms with Gasteiger partial charge in [-0.05, 0) is 69.2 Å². The van der Waals surface area contributed by atoms with Gasteiger partial charge >= 0.3 is 0 Å². The first-order valence-electron chi connectivity index (χ1n) is 15.6. The average molecular weight is 590 g/mol. The van der Waals surface area contributed by atoms with Crippen molar-refractivity contribution in [2.24, 2.45) is 0 Å². The first-order valence-corrected chi connectivity index (χ1v) is 15.6. The Morgan fingerprint density at radius 3 is 1.43 bits per heavy atom. The van der Waals surface area contributed by atoms with Crippen molar-refractivity contribution in [2.45, 2.75) is 69.3 Å². The summed E-state index contributed by atoms with van der Waals surface area (Å²) in [6.45, 7) is 2.38. The molecule has 2 aromatic rings. The Labute approximate surface area is 252 Å². The van der Waals surface area contributed by atoms with Crippen molar-refractivity contribution in [1.82, 2.24) is 15.1 Å². The monoisotopic (exact) mass is 589 g/mol. The summed E-state index contributed by atoms with van der Waals surface area (Å²) >= 11 is 0. The van der Waals surface area contributed by atoms with Gasteiger partial charge in [-0.15, -0.1) is 0 Å². The third-order valence-electron chi connectivity index (χ3n) is 7.57. The van der Waals surface area contributed by atoms with Crippen LogP contribution in [0.15, 0.2) is 60.7 Å². The van der Waals surface area contributed by atoms with Crippen LogP contribution >= 0.6 is 0 Å². The minimum Gasteiger partial charge on any atom is -0.394 e. The zero-order valence-corrected chi connectivity index (χ0v) is 25.2. The van der Waals surface area contributed by atoms with Gasteiger partial charge in [0.1, 0.15) is 0 Å². The number of aliphatic hydroxyl groups excluding tert-OH is 6. The molecule has 0 radical (unpaired) electrons. The lowest BCUT2D eigenvalue weighted by Gasteiger charge is -2.29. The third-order valence-corrected chi connectivity index (χ3v) is 7.57. The van der Waals surface area contributed by atoms with Gasteiger partial charge in [0.15, 0.2) is 0 Å². The average Bonchev–Trinajstić information content (AvgIpc) is 3.01. The topological polar surface area (TPSA) is 140 Å². The van der Waals surface area contributed by atoms with Crippen molar-refractivity contribution in [3.05, 3.63) is 71.8 Å². The minimum absolute atomic E-state index is 0.196. The lowest BCUT2D eigenvalue weighted by atomic mass is 9.99. The predicted molar refractivity (Wildman–Crippen MR) is 167 cm³/mol. The highest BCUT2D eigenvalue weighted by atomic mass is 16.3. The van der Waals surface area contributed by atoms with Crippen LogP contribution in [-0.2, 0) is 12.8 Å². The molecule has 42 heavy (non-hydrogen) atoms. The second-order valence-electron chi connectivity index (χ2n) is 11.3. The Kier molecular flexibility index (Phi) is 19.5. The van der Waals surface area contributed by atoms with E-state index in [1.54, 1.807) is 0 Å². The van der Waals surface area contributed by atoms with Crippen LogP contribution in [0.2, 0.25) is 0 Å². The van der Waals surface area contributed by atoms with Crippen LogP contribution in [0, 0.1) is 0 Å². The van der Waals surface area contributed by atoms with Gasteiger partial charge in [-0.2, -0.15) is 0 Å². The maximum Gasteiger partial charge on any atom is 0.0897 e. The molecule has 238 valence electrons. The van der Waals surface area contributed by atoms with Crippen molar-refractivity contribution in [3.63, 3.8) is 0 Å². The fraction of sp³-hybridized carbons (Fsp3) is 0.636. The van der Waals surface area contributed by atoms with Crippen LogP contribution in [0.4, 0.5) is 0 Å². The molecule has 9 nitrogen and oxygen atoms in total. The molecule has 0 bridgehead atoms. The summed E-state index contributed by atoms with van der Waals surface area (Å²) in [5.74, 6) is 0. The molecule has 0 aliphatic carbocycles. The molecule has 3 atom stereocenters. The summed E-state index contributed by atoms with van der Waals surface area (Å²) in [4.78, 5) is 3.96. The molecule has 0 aliphatic rings. The molecule has 0 heterocycles. The highest BCUT2D eigenvalue weighted by Gasteiger charge is 2.17. The van der Waals surface area contributed by atoms with Crippen LogP contribution in [0.1, 0.15) is 43.2 Å². The van der Waals surface area contributed by atoms with Crippen molar-refractivity contribution >= 4 is 0 Å². The summed E-state index contributed by atoms with van der Waals surface area (Å²) in [5.41, 5.74) is 2.72. The number of aliphatic hydroxyl groups is 6. The van der Waals surface area contributed by atoms with E-state index in [9.17, 15) is 30.6 Å². The number of hydrogen-bond acceptors (Lipinski definition) is 9. The van der Waals surface area contributed by atoms with Gasteiger partial charge in [-0.3, -0.25) is 9.80 Å². The molecule has 0 amide bonds. The molecule has 0 spiro atoms. The molecule has 3 unspecified atom stereocenters. The molecule has 0 aliphatic heterocycles. The maximum atomic E-state index is 10.2. The van der Waals surface area contributed by atoms with Crippen LogP contribution < -0.4 is 5.32 Å². The molecule has 2 aromatic carbocycles. The largest absolute Gasteiger partial charge is 0.394 e. The molecular weight excluding hydrogens is 534 g/mol. The van der Waals surface area contributed by atoms with Gasteiger partial charge in [0.05, 0.1) is 38.1 Å². The zero-order chi connectivity index (χ0) is 30.4. The SMILES string of the molecule is OCC(O)CN(CCCN(CC(O)CO)CC(O)CO)CCNC(CCCc1ccccc1)CCCc1ccccc1. The van der Waals surface area contributed by atoms with E-state index in [-0.39, 0.29) is 32.9 Å². The number of benzene rings is 2. The molecule has 9 heteroatoms. The van der Waals surface area contributed by atoms with Crippen molar-refractivity contribution in [1.29, 1.82) is 0 Å². The molecule has 0 fully saturated rings. The lowest BCUT2D eigenvalue weighted by molar-refractivity contribution is 0.0207. The number of rotatable bonds is 25. The van der Waals surface area contributed by atoms with Crippen molar-refractivity contribution < 1.29 is 30.6 Å². The summed E-state index contributed by atoms with van der Waals surface area (Å²) < 4.78 is 0. The Morgan fingerprint density at radius 2 is 0.976 bits per heavy atom. The summed E-state index contributed by atoms with van der Waals surface area (Å²) in [6.07, 6.45) is 4.51. The molecular formula is C33H55N3O6. The quantitative estimate of drug-likeness (QED) is 0.0905. The van der Waals surface area contributed by atoms with Crippen LogP contribution in [0.25, 0.3) is 0 Å². The van der Waals surface area contributed by atoms with E-state index in [0.29, 0.717) is 38.6 Å². The number of nitrogens with zero attached hydrogens (tertiary/aromatic N) is 2. The van der Waals surface area contributed by atoms with Gasteiger partial charge < -0.3 is 36.0 Å². The molecule has 0 saturated heterocycles. The number of hydrogen-bond donors (Lipinski definition) is 7. The minimum atomic E-state index is -0.923. The van der Waals surface area contributed by atoms with Gasteiger partial charge in [-0.1, -0.05) is 60.7 Å². The van der Waals surface area contributed by atoms with Crippen molar-refractivity contribution in [2.75, 3.05) is 65.6 Å². The standard InChI is InChI=1S/C33H55N3O6/c37-25-31(40)22-35(19-9-20-36(23-32(41)26-38)24-33(42)27-39)21-18-34-30(16-7-14-28-10-3-1-4-11-28)17-8-15-29-12-5-2-6-13-29/h1-6,10-13,30-34,37-42H,7-9,14-27H2. The summed E-state index contributed by atoms with van der Waals surface area (Å²) in [5, 5.41) is 61.6. The van der Waals surface area contributed by atoms with Gasteiger partial charge in [0, 0.05) is 38.8 Å². The normalized spacial score (nSPS) is 14.1. The lowest BCUT2D eigenvalue weighted by Crippen LogP contribution is -2.44. The zero-order valence-electron chi connectivity index (χ0n) is 25.2. The Hall–Kier alpha value is -1.92. The number of aryl methyl sites for hydroxylation is 2. The molecule has 0 saturated carbocycles. The third kappa shape index (κ3) is 16.6. The first-order chi connectivity index (χ1) is 20.4. The summed E-state index contributed by atoms with van der Waals surface area (Å²) in [7, 11) is 0. The van der Waals surface area contributed by atoms with E-state index < -0.39 is 18.3 Å². The fourth-order valence-corrected chi connectivity index (χ4v) is 5.31. The maximum absolute atomic E-state index is 10.2. The molecule has 2 rings (SSSR count). The fourth-order valence-electron chi connectivity index (χ4n) is 5.31. The van der Waals surface area contributed by atoms with Gasteiger partial charge in [0.25, 0.3) is 0 Å². The Bertz CT molecular complexity index is 836. The van der Waals surface area contributed by atoms with Crippen LogP contribution in [0.3, 0.4) is 0 Å². The van der Waals surface area contributed by atoms with Gasteiger partial charge in [0.2, 0.25) is 0 Å². The van der Waals surface area contributed by atoms with Crippen LogP contribution in [0.5, 0.6) is 0 Å².